The van der Waals surface area contributed by atoms with Crippen LogP contribution in [0.2, 0.25) is 0 Å². The van der Waals surface area contributed by atoms with Crippen molar-refractivity contribution in [1.29, 1.82) is 0 Å². The van der Waals surface area contributed by atoms with Crippen LogP contribution in [0.1, 0.15) is 33.6 Å². The second-order valence-corrected chi connectivity index (χ2v) is 4.37. The summed E-state index contributed by atoms with van der Waals surface area (Å²) in [6.45, 7) is 5.76. The summed E-state index contributed by atoms with van der Waals surface area (Å²) in [5.74, 6) is -2.44. The van der Waals surface area contributed by atoms with Crippen molar-refractivity contribution in [2.24, 2.45) is 5.92 Å². The molecule has 2 atom stereocenters. The minimum absolute atomic E-state index is 0.0794. The van der Waals surface area contributed by atoms with Gasteiger partial charge in [0.05, 0.1) is 6.42 Å². The van der Waals surface area contributed by atoms with E-state index in [9.17, 15) is 14.4 Å². The van der Waals surface area contributed by atoms with E-state index in [2.05, 4.69) is 10.6 Å². The first-order chi connectivity index (χ1) is 8.27. The van der Waals surface area contributed by atoms with E-state index in [-0.39, 0.29) is 12.0 Å². The van der Waals surface area contributed by atoms with Crippen LogP contribution in [0.3, 0.4) is 0 Å². The molecule has 0 spiro atoms. The van der Waals surface area contributed by atoms with Gasteiger partial charge in [0.2, 0.25) is 0 Å². The molecule has 0 aliphatic heterocycles. The summed E-state index contributed by atoms with van der Waals surface area (Å²) in [6, 6.07) is -2.17. The van der Waals surface area contributed by atoms with E-state index in [4.69, 9.17) is 10.2 Å². The van der Waals surface area contributed by atoms with Gasteiger partial charge in [-0.3, -0.25) is 4.79 Å². The molecule has 0 radical (unpaired) electrons. The minimum atomic E-state index is -1.42. The van der Waals surface area contributed by atoms with Gasteiger partial charge in [-0.2, -0.15) is 0 Å². The average Bonchev–Trinajstić information content (AvgIpc) is 2.23. The first kappa shape index (κ1) is 16.2. The van der Waals surface area contributed by atoms with E-state index in [1.165, 1.54) is 0 Å². The molecule has 0 bridgehead atoms. The van der Waals surface area contributed by atoms with E-state index in [1.807, 2.05) is 20.8 Å². The van der Waals surface area contributed by atoms with E-state index >= 15 is 0 Å². The van der Waals surface area contributed by atoms with Crippen molar-refractivity contribution in [2.45, 2.75) is 45.7 Å². The zero-order valence-electron chi connectivity index (χ0n) is 10.8. The molecule has 7 nitrogen and oxygen atoms in total. The van der Waals surface area contributed by atoms with E-state index < -0.39 is 30.4 Å². The van der Waals surface area contributed by atoms with Crippen molar-refractivity contribution in [1.82, 2.24) is 10.6 Å². The smallest absolute Gasteiger partial charge is 0.326 e. The summed E-state index contributed by atoms with van der Waals surface area (Å²) in [7, 11) is 0. The van der Waals surface area contributed by atoms with Crippen LogP contribution in [0.15, 0.2) is 0 Å². The number of carbonyl (C=O) groups is 3. The lowest BCUT2D eigenvalue weighted by Crippen LogP contribution is -2.50. The molecular weight excluding hydrogens is 240 g/mol. The molecule has 0 aromatic carbocycles. The van der Waals surface area contributed by atoms with Crippen LogP contribution < -0.4 is 10.6 Å². The number of nitrogens with one attached hydrogen (secondary N) is 2. The topological polar surface area (TPSA) is 116 Å². The lowest BCUT2D eigenvalue weighted by molar-refractivity contribution is -0.145. The highest BCUT2D eigenvalue weighted by atomic mass is 16.4. The molecule has 4 N–H and O–H groups in total. The first-order valence-electron chi connectivity index (χ1n) is 5.79. The number of carboxylic acid groups (broad SMARTS) is 2. The van der Waals surface area contributed by atoms with Gasteiger partial charge in [-0.25, -0.2) is 9.59 Å². The van der Waals surface area contributed by atoms with Crippen molar-refractivity contribution < 1.29 is 24.6 Å². The molecule has 0 saturated heterocycles. The third-order valence-electron chi connectivity index (χ3n) is 2.54. The van der Waals surface area contributed by atoms with Crippen LogP contribution in [0.4, 0.5) is 4.79 Å². The highest BCUT2D eigenvalue weighted by Crippen LogP contribution is 2.05. The quantitative estimate of drug-likeness (QED) is 0.536. The van der Waals surface area contributed by atoms with E-state index in [0.29, 0.717) is 6.42 Å². The van der Waals surface area contributed by atoms with Gasteiger partial charge in [-0.05, 0) is 12.3 Å². The van der Waals surface area contributed by atoms with E-state index in [0.717, 1.165) is 0 Å². The zero-order chi connectivity index (χ0) is 14.3. The molecule has 0 rings (SSSR count). The molecule has 2 unspecified atom stereocenters. The Bertz CT molecular complexity index is 317. The molecule has 0 aromatic heterocycles. The second kappa shape index (κ2) is 7.52. The molecule has 0 aromatic rings. The van der Waals surface area contributed by atoms with Crippen molar-refractivity contribution >= 4 is 18.0 Å². The third-order valence-corrected chi connectivity index (χ3v) is 2.54. The van der Waals surface area contributed by atoms with Crippen LogP contribution in [0, 0.1) is 5.92 Å². The summed E-state index contributed by atoms with van der Waals surface area (Å²) in [5, 5.41) is 22.0. The summed E-state index contributed by atoms with van der Waals surface area (Å²) in [5.41, 5.74) is 0. The molecule has 0 saturated carbocycles. The first-order valence-corrected chi connectivity index (χ1v) is 5.79. The lowest BCUT2D eigenvalue weighted by atomic mass is 10.0. The maximum Gasteiger partial charge on any atom is 0.326 e. The fourth-order valence-electron chi connectivity index (χ4n) is 1.48. The van der Waals surface area contributed by atoms with Crippen LogP contribution in [0.5, 0.6) is 0 Å². The monoisotopic (exact) mass is 260 g/mol. The number of rotatable bonds is 7. The number of carbonyl (C=O) groups excluding carboxylic acids is 1. The maximum absolute atomic E-state index is 11.5. The Balaban J connectivity index is 4.42. The summed E-state index contributed by atoms with van der Waals surface area (Å²) in [6.07, 6.45) is 0.0585. The zero-order valence-corrected chi connectivity index (χ0v) is 10.8. The normalized spacial score (nSPS) is 13.8. The Morgan fingerprint density at radius 2 is 1.67 bits per heavy atom. The SMILES string of the molecule is CCC(NC(=O)NC(CC(=O)O)C(=O)O)C(C)C. The van der Waals surface area contributed by atoms with Gasteiger partial charge in [0.1, 0.15) is 6.04 Å². The molecular formula is C11H20N2O5. The molecule has 0 aliphatic carbocycles. The Morgan fingerprint density at radius 1 is 1.11 bits per heavy atom. The number of hydrogen-bond donors (Lipinski definition) is 4. The van der Waals surface area contributed by atoms with Crippen molar-refractivity contribution in [2.75, 3.05) is 0 Å². The number of carboxylic acids is 2. The Kier molecular flexibility index (Phi) is 6.77. The maximum atomic E-state index is 11.5. The second-order valence-electron chi connectivity index (χ2n) is 4.37. The number of amides is 2. The highest BCUT2D eigenvalue weighted by Gasteiger charge is 2.24. The summed E-state index contributed by atoms with van der Waals surface area (Å²) in [4.78, 5) is 32.7. The van der Waals surface area contributed by atoms with Crippen molar-refractivity contribution in [3.05, 3.63) is 0 Å². The van der Waals surface area contributed by atoms with Crippen LogP contribution >= 0.6 is 0 Å². The third kappa shape index (κ3) is 6.07. The predicted octanol–water partition coefficient (Wildman–Crippen LogP) is 0.648. The summed E-state index contributed by atoms with van der Waals surface area (Å²) < 4.78 is 0. The molecule has 18 heavy (non-hydrogen) atoms. The standard InChI is InChI=1S/C11H20N2O5/c1-4-7(6(2)3)12-11(18)13-8(10(16)17)5-9(14)15/h6-8H,4-5H2,1-3H3,(H,14,15)(H,16,17)(H2,12,13,18). The highest BCUT2D eigenvalue weighted by molar-refractivity contribution is 5.86. The van der Waals surface area contributed by atoms with Gasteiger partial charge >= 0.3 is 18.0 Å². The molecule has 0 aliphatic rings. The van der Waals surface area contributed by atoms with Crippen molar-refractivity contribution in [3.8, 4) is 0 Å². The lowest BCUT2D eigenvalue weighted by Gasteiger charge is -2.22. The fraction of sp³-hybridized carbons (Fsp3) is 0.727. The molecule has 104 valence electrons. The largest absolute Gasteiger partial charge is 0.481 e. The average molecular weight is 260 g/mol. The summed E-state index contributed by atoms with van der Waals surface area (Å²) >= 11 is 0. The van der Waals surface area contributed by atoms with E-state index in [1.54, 1.807) is 0 Å². The van der Waals surface area contributed by atoms with Gasteiger partial charge in [0.25, 0.3) is 0 Å². The fourth-order valence-corrected chi connectivity index (χ4v) is 1.48. The Hall–Kier alpha value is -1.79. The Morgan fingerprint density at radius 3 is 2.00 bits per heavy atom. The van der Waals surface area contributed by atoms with Crippen LogP contribution in [-0.4, -0.2) is 40.3 Å². The molecule has 0 fully saturated rings. The van der Waals surface area contributed by atoms with Gasteiger partial charge in [0, 0.05) is 6.04 Å². The van der Waals surface area contributed by atoms with Gasteiger partial charge < -0.3 is 20.8 Å². The van der Waals surface area contributed by atoms with Crippen LogP contribution in [-0.2, 0) is 9.59 Å². The molecule has 0 heterocycles. The molecule has 7 heteroatoms. The minimum Gasteiger partial charge on any atom is -0.481 e. The van der Waals surface area contributed by atoms with Crippen LogP contribution in [0.25, 0.3) is 0 Å². The number of hydrogen-bond acceptors (Lipinski definition) is 3. The van der Waals surface area contributed by atoms with Gasteiger partial charge in [0.15, 0.2) is 0 Å². The predicted molar refractivity (Wildman–Crippen MR) is 64.3 cm³/mol. The van der Waals surface area contributed by atoms with Gasteiger partial charge in [-0.1, -0.05) is 20.8 Å². The Labute approximate surface area is 106 Å². The van der Waals surface area contributed by atoms with Gasteiger partial charge in [-0.15, -0.1) is 0 Å². The number of aliphatic carboxylic acids is 2. The number of urea groups is 1. The molecule has 2 amide bonds. The van der Waals surface area contributed by atoms with Crippen molar-refractivity contribution in [3.63, 3.8) is 0 Å².